The molecule has 0 aliphatic rings. The van der Waals surface area contributed by atoms with E-state index in [0.717, 1.165) is 0 Å². The predicted octanol–water partition coefficient (Wildman–Crippen LogP) is 1.96. The highest BCUT2D eigenvalue weighted by atomic mass is 19.3. The van der Waals surface area contributed by atoms with Gasteiger partial charge < -0.3 is 14.7 Å². The molecular weight excluding hydrogens is 284 g/mol. The van der Waals surface area contributed by atoms with Gasteiger partial charge in [0.25, 0.3) is 5.82 Å². The highest BCUT2D eigenvalue weighted by Crippen LogP contribution is 2.33. The summed E-state index contributed by atoms with van der Waals surface area (Å²) in [5.74, 6) is 0.0221. The number of nitrogens with zero attached hydrogens (tertiary/aromatic N) is 2. The van der Waals surface area contributed by atoms with Crippen LogP contribution in [0.15, 0.2) is 30.3 Å². The number of nitrogens with two attached hydrogens (primary N) is 1. The quantitative estimate of drug-likeness (QED) is 0.673. The fraction of sp³-hybridized carbons (Fsp3) is 0.231. The fourth-order valence-corrected chi connectivity index (χ4v) is 1.70. The van der Waals surface area contributed by atoms with Crippen LogP contribution in [-0.2, 0) is 0 Å². The van der Waals surface area contributed by atoms with E-state index in [4.69, 9.17) is 10.5 Å². The number of aromatic nitrogens is 2. The number of nitrogen functional groups attached to an aromatic ring is 1. The lowest BCUT2D eigenvalue weighted by Gasteiger charge is -2.12. The highest BCUT2D eigenvalue weighted by molar-refractivity contribution is 5.63. The number of ether oxygens (including phenoxy) is 2. The minimum absolute atomic E-state index is 0.0403. The molecule has 0 bridgehead atoms. The highest BCUT2D eigenvalue weighted by Gasteiger charge is 2.13. The first-order valence-electron chi connectivity index (χ1n) is 6.09. The minimum atomic E-state index is -2.95. The van der Waals surface area contributed by atoms with Gasteiger partial charge in [-0.1, -0.05) is 5.10 Å². The van der Waals surface area contributed by atoms with E-state index in [2.05, 4.69) is 9.84 Å². The van der Waals surface area contributed by atoms with Gasteiger partial charge in [0.05, 0.1) is 6.61 Å². The normalized spacial score (nSPS) is 10.7. The summed E-state index contributed by atoms with van der Waals surface area (Å²) in [7, 11) is 0. The van der Waals surface area contributed by atoms with Crippen LogP contribution in [0, 0.1) is 5.21 Å². The molecule has 2 rings (SSSR count). The van der Waals surface area contributed by atoms with E-state index < -0.39 is 6.61 Å². The van der Waals surface area contributed by atoms with Crippen molar-refractivity contribution in [3.8, 4) is 22.8 Å². The Kier molecular flexibility index (Phi) is 4.36. The van der Waals surface area contributed by atoms with E-state index in [9.17, 15) is 14.0 Å². The van der Waals surface area contributed by atoms with Crippen molar-refractivity contribution in [1.82, 2.24) is 5.10 Å². The summed E-state index contributed by atoms with van der Waals surface area (Å²) in [6, 6.07) is 7.25. The second-order valence-electron chi connectivity index (χ2n) is 3.99. The van der Waals surface area contributed by atoms with Gasteiger partial charge in [-0.15, -0.1) is 4.85 Å². The van der Waals surface area contributed by atoms with Crippen molar-refractivity contribution in [2.24, 2.45) is 0 Å². The predicted molar refractivity (Wildman–Crippen MR) is 70.8 cm³/mol. The molecule has 0 saturated carbocycles. The maximum absolute atomic E-state index is 12.3. The molecule has 0 amide bonds. The number of hydrogen-bond acceptors (Lipinski definition) is 5. The number of benzene rings is 1. The van der Waals surface area contributed by atoms with Crippen LogP contribution < -0.4 is 20.1 Å². The van der Waals surface area contributed by atoms with Crippen LogP contribution in [0.3, 0.4) is 0 Å². The molecular formula is C13H13F2N3O3. The second kappa shape index (κ2) is 6.21. The average molecular weight is 297 g/mol. The Morgan fingerprint density at radius 2 is 2.05 bits per heavy atom. The lowest BCUT2D eigenvalue weighted by molar-refractivity contribution is -0.653. The van der Waals surface area contributed by atoms with Crippen molar-refractivity contribution in [2.45, 2.75) is 13.5 Å². The molecule has 1 heterocycles. The Bertz CT molecular complexity index is 638. The molecule has 0 atom stereocenters. The third-order valence-corrected chi connectivity index (χ3v) is 2.59. The van der Waals surface area contributed by atoms with Crippen molar-refractivity contribution in [3.63, 3.8) is 0 Å². The van der Waals surface area contributed by atoms with E-state index in [0.29, 0.717) is 11.3 Å². The lowest BCUT2D eigenvalue weighted by atomic mass is 10.1. The topological polar surface area (TPSA) is 84.3 Å². The van der Waals surface area contributed by atoms with Gasteiger partial charge in [0, 0.05) is 11.6 Å². The zero-order chi connectivity index (χ0) is 15.4. The maximum Gasteiger partial charge on any atom is 0.387 e. The minimum Gasteiger partial charge on any atom is -0.691 e. The van der Waals surface area contributed by atoms with Crippen LogP contribution in [0.1, 0.15) is 6.92 Å². The summed E-state index contributed by atoms with van der Waals surface area (Å²) in [5, 5.41) is 15.1. The largest absolute Gasteiger partial charge is 0.691 e. The summed E-state index contributed by atoms with van der Waals surface area (Å²) < 4.78 is 34.3. The van der Waals surface area contributed by atoms with Gasteiger partial charge in [0.2, 0.25) is 0 Å². The van der Waals surface area contributed by atoms with E-state index in [-0.39, 0.29) is 28.8 Å². The van der Waals surface area contributed by atoms with Crippen LogP contribution >= 0.6 is 0 Å². The fourth-order valence-electron chi connectivity index (χ4n) is 1.70. The van der Waals surface area contributed by atoms with E-state index in [1.807, 2.05) is 0 Å². The van der Waals surface area contributed by atoms with E-state index in [1.54, 1.807) is 13.0 Å². The summed E-state index contributed by atoms with van der Waals surface area (Å²) in [5.41, 5.74) is 6.24. The standard InChI is InChI=1S/C13H13F2N3O3/c1-2-20-11-7-8(3-5-10(11)21-13(14)15)9-4-6-12(16)18(19)17-9/h3-7,13H,2,16H2,1H3. The average Bonchev–Trinajstić information content (AvgIpc) is 2.43. The molecule has 0 fully saturated rings. The molecule has 21 heavy (non-hydrogen) atoms. The Balaban J connectivity index is 2.40. The first kappa shape index (κ1) is 14.8. The monoisotopic (exact) mass is 297 g/mol. The van der Waals surface area contributed by atoms with Gasteiger partial charge in [-0.25, -0.2) is 0 Å². The number of alkyl halides is 2. The summed E-state index contributed by atoms with van der Waals surface area (Å²) in [6.07, 6.45) is 0. The summed E-state index contributed by atoms with van der Waals surface area (Å²) >= 11 is 0. The Morgan fingerprint density at radius 1 is 1.29 bits per heavy atom. The molecule has 8 heteroatoms. The second-order valence-corrected chi connectivity index (χ2v) is 3.99. The van der Waals surface area contributed by atoms with Gasteiger partial charge >= 0.3 is 6.61 Å². The van der Waals surface area contributed by atoms with Crippen LogP contribution in [-0.4, -0.2) is 18.3 Å². The van der Waals surface area contributed by atoms with Crippen molar-refractivity contribution < 1.29 is 23.1 Å². The van der Waals surface area contributed by atoms with E-state index in [1.165, 1.54) is 24.3 Å². The van der Waals surface area contributed by atoms with Crippen molar-refractivity contribution in [1.29, 1.82) is 0 Å². The third-order valence-electron chi connectivity index (χ3n) is 2.59. The molecule has 0 unspecified atom stereocenters. The van der Waals surface area contributed by atoms with Gasteiger partial charge in [-0.05, 0) is 31.2 Å². The van der Waals surface area contributed by atoms with Crippen LogP contribution in [0.4, 0.5) is 14.6 Å². The first-order chi connectivity index (χ1) is 10.0. The molecule has 1 aromatic heterocycles. The van der Waals surface area contributed by atoms with Crippen molar-refractivity contribution in [2.75, 3.05) is 12.3 Å². The molecule has 0 aliphatic heterocycles. The summed E-state index contributed by atoms with van der Waals surface area (Å²) in [6.45, 7) is -0.959. The van der Waals surface area contributed by atoms with Crippen LogP contribution in [0.5, 0.6) is 11.5 Å². The summed E-state index contributed by atoms with van der Waals surface area (Å²) in [4.78, 5) is 0.277. The zero-order valence-corrected chi connectivity index (χ0v) is 11.1. The van der Waals surface area contributed by atoms with Crippen molar-refractivity contribution in [3.05, 3.63) is 35.5 Å². The van der Waals surface area contributed by atoms with Gasteiger partial charge in [0.1, 0.15) is 5.69 Å². The zero-order valence-electron chi connectivity index (χ0n) is 11.1. The van der Waals surface area contributed by atoms with Gasteiger partial charge in [-0.3, -0.25) is 5.73 Å². The molecule has 6 nitrogen and oxygen atoms in total. The Labute approximate surface area is 119 Å². The van der Waals surface area contributed by atoms with E-state index >= 15 is 0 Å². The number of rotatable bonds is 5. The molecule has 2 N–H and O–H groups in total. The Hall–Kier alpha value is -2.64. The lowest BCUT2D eigenvalue weighted by Crippen LogP contribution is -2.34. The van der Waals surface area contributed by atoms with Gasteiger partial charge in [-0.2, -0.15) is 8.78 Å². The molecule has 1 aromatic carbocycles. The molecule has 0 saturated heterocycles. The van der Waals surface area contributed by atoms with Crippen LogP contribution in [0.25, 0.3) is 11.3 Å². The number of anilines is 1. The molecule has 112 valence electrons. The SMILES string of the molecule is CCOc1cc(-c2ccc(N)[n+]([O-])n2)ccc1OC(F)F. The van der Waals surface area contributed by atoms with Gasteiger partial charge in [0.15, 0.2) is 11.5 Å². The molecule has 0 radical (unpaired) electrons. The molecule has 0 spiro atoms. The third kappa shape index (κ3) is 3.47. The van der Waals surface area contributed by atoms with Crippen LogP contribution in [0.2, 0.25) is 0 Å². The molecule has 0 aliphatic carbocycles. The number of halogens is 2. The van der Waals surface area contributed by atoms with Crippen molar-refractivity contribution >= 4 is 5.82 Å². The Morgan fingerprint density at radius 3 is 2.67 bits per heavy atom. The number of hydrogen-bond donors (Lipinski definition) is 1. The maximum atomic E-state index is 12.3. The first-order valence-corrected chi connectivity index (χ1v) is 6.09. The smallest absolute Gasteiger partial charge is 0.387 e. The molecule has 2 aromatic rings.